The maximum Gasteiger partial charge on any atom is 0.261 e. The van der Waals surface area contributed by atoms with Gasteiger partial charge in [-0.15, -0.1) is 0 Å². The zero-order valence-corrected chi connectivity index (χ0v) is 11.5. The molecule has 1 aromatic rings. The number of amides is 1. The number of carbonyl (C=O) groups is 1. The molecule has 0 bridgehead atoms. The number of halogens is 2. The maximum atomic E-state index is 11.9. The van der Waals surface area contributed by atoms with E-state index in [1.807, 2.05) is 24.3 Å². The highest BCUT2D eigenvalue weighted by atomic mass is 19.3. The second-order valence-corrected chi connectivity index (χ2v) is 4.44. The molecule has 0 aliphatic heterocycles. The van der Waals surface area contributed by atoms with Crippen LogP contribution >= 0.6 is 0 Å². The topological polar surface area (TPSA) is 55.6 Å². The number of nitrogens with two attached hydrogens (primary N) is 1. The lowest BCUT2D eigenvalue weighted by atomic mass is 10.1. The molecule has 0 unspecified atom stereocenters. The van der Waals surface area contributed by atoms with Gasteiger partial charge in [0.2, 0.25) is 5.91 Å². The number of hydrogen-bond acceptors (Lipinski definition) is 3. The fourth-order valence-corrected chi connectivity index (χ4v) is 1.78. The molecule has 0 atom stereocenters. The summed E-state index contributed by atoms with van der Waals surface area (Å²) in [6.07, 6.45) is -2.41. The number of alkyl halides is 2. The van der Waals surface area contributed by atoms with Crippen molar-refractivity contribution in [3.05, 3.63) is 35.4 Å². The number of ether oxygens (including phenoxy) is 1. The molecule has 0 heterocycles. The molecule has 0 fully saturated rings. The van der Waals surface area contributed by atoms with E-state index in [0.717, 1.165) is 11.1 Å². The van der Waals surface area contributed by atoms with Gasteiger partial charge in [0.05, 0.1) is 13.0 Å². The maximum absolute atomic E-state index is 11.9. The van der Waals surface area contributed by atoms with E-state index in [0.29, 0.717) is 13.1 Å². The largest absolute Gasteiger partial charge is 0.375 e. The summed E-state index contributed by atoms with van der Waals surface area (Å²) in [6, 6.07) is 7.61. The Balaban J connectivity index is 2.41. The first kappa shape index (κ1) is 16.5. The van der Waals surface area contributed by atoms with E-state index < -0.39 is 13.0 Å². The third kappa shape index (κ3) is 5.63. The number of benzene rings is 1. The Bertz CT molecular complexity index is 427. The van der Waals surface area contributed by atoms with E-state index in [2.05, 4.69) is 0 Å². The van der Waals surface area contributed by atoms with Crippen molar-refractivity contribution in [1.82, 2.24) is 4.90 Å². The van der Waals surface area contributed by atoms with Crippen LogP contribution in [0.5, 0.6) is 0 Å². The summed E-state index contributed by atoms with van der Waals surface area (Å²) < 4.78 is 28.4. The van der Waals surface area contributed by atoms with E-state index >= 15 is 0 Å². The molecule has 0 aliphatic rings. The van der Waals surface area contributed by atoms with Gasteiger partial charge < -0.3 is 15.4 Å². The Hall–Kier alpha value is -1.53. The van der Waals surface area contributed by atoms with Gasteiger partial charge in [0.15, 0.2) is 0 Å². The quantitative estimate of drug-likeness (QED) is 0.741. The Labute approximate surface area is 117 Å². The lowest BCUT2D eigenvalue weighted by Gasteiger charge is -2.19. The summed E-state index contributed by atoms with van der Waals surface area (Å²) in [5.41, 5.74) is 7.61. The van der Waals surface area contributed by atoms with Gasteiger partial charge in [0, 0.05) is 20.1 Å². The number of hydrogen-bond donors (Lipinski definition) is 1. The molecule has 1 aromatic carbocycles. The second kappa shape index (κ2) is 8.60. The van der Waals surface area contributed by atoms with Crippen LogP contribution in [0.15, 0.2) is 24.3 Å². The fraction of sp³-hybridized carbons (Fsp3) is 0.500. The Morgan fingerprint density at radius 3 is 2.60 bits per heavy atom. The second-order valence-electron chi connectivity index (χ2n) is 4.44. The van der Waals surface area contributed by atoms with Crippen LogP contribution in [0.4, 0.5) is 8.78 Å². The number of rotatable bonds is 8. The van der Waals surface area contributed by atoms with Gasteiger partial charge in [0.25, 0.3) is 6.43 Å². The molecule has 0 spiro atoms. The normalized spacial score (nSPS) is 10.8. The minimum Gasteiger partial charge on any atom is -0.375 e. The average molecular weight is 286 g/mol. The highest BCUT2D eigenvalue weighted by Crippen LogP contribution is 2.11. The highest BCUT2D eigenvalue weighted by Gasteiger charge is 2.11. The Morgan fingerprint density at radius 1 is 1.35 bits per heavy atom. The number of nitrogens with zero attached hydrogens (tertiary/aromatic N) is 1. The van der Waals surface area contributed by atoms with E-state index in [4.69, 9.17) is 10.5 Å². The van der Waals surface area contributed by atoms with Crippen molar-refractivity contribution in [3.8, 4) is 0 Å². The van der Waals surface area contributed by atoms with Crippen LogP contribution in [0, 0.1) is 0 Å². The third-order valence-corrected chi connectivity index (χ3v) is 2.88. The van der Waals surface area contributed by atoms with Crippen molar-refractivity contribution in [3.63, 3.8) is 0 Å². The highest BCUT2D eigenvalue weighted by molar-refractivity contribution is 5.76. The van der Waals surface area contributed by atoms with Gasteiger partial charge in [-0.2, -0.15) is 0 Å². The van der Waals surface area contributed by atoms with Crippen molar-refractivity contribution < 1.29 is 18.3 Å². The molecule has 0 aromatic heterocycles. The van der Waals surface area contributed by atoms with Crippen molar-refractivity contribution in [2.45, 2.75) is 25.9 Å². The molecule has 0 aliphatic carbocycles. The zero-order valence-electron chi connectivity index (χ0n) is 11.5. The standard InChI is InChI=1S/C14H20F2N2O2/c1-18(14(19)6-7-20-10-13(15)16)9-12-5-3-2-4-11(12)8-17/h2-5,13H,6-10,17H2,1H3. The molecular formula is C14H20F2N2O2. The third-order valence-electron chi connectivity index (χ3n) is 2.88. The van der Waals surface area contributed by atoms with E-state index in [1.54, 1.807) is 11.9 Å². The minimum atomic E-state index is -2.50. The molecule has 112 valence electrons. The molecule has 1 amide bonds. The average Bonchev–Trinajstić information content (AvgIpc) is 2.43. The van der Waals surface area contributed by atoms with Crippen LogP contribution in [0.2, 0.25) is 0 Å². The molecule has 0 radical (unpaired) electrons. The molecule has 4 nitrogen and oxygen atoms in total. The smallest absolute Gasteiger partial charge is 0.261 e. The van der Waals surface area contributed by atoms with E-state index in [-0.39, 0.29) is 18.9 Å². The molecule has 20 heavy (non-hydrogen) atoms. The first-order valence-electron chi connectivity index (χ1n) is 6.41. The lowest BCUT2D eigenvalue weighted by molar-refractivity contribution is -0.132. The first-order valence-corrected chi connectivity index (χ1v) is 6.41. The summed E-state index contributed by atoms with van der Waals surface area (Å²) in [4.78, 5) is 13.4. The molecule has 0 saturated carbocycles. The summed E-state index contributed by atoms with van der Waals surface area (Å²) in [5, 5.41) is 0. The van der Waals surface area contributed by atoms with E-state index in [1.165, 1.54) is 0 Å². The Kier molecular flexibility index (Phi) is 7.11. The van der Waals surface area contributed by atoms with E-state index in [9.17, 15) is 13.6 Å². The fourth-order valence-electron chi connectivity index (χ4n) is 1.78. The molecule has 1 rings (SSSR count). The molecule has 6 heteroatoms. The van der Waals surface area contributed by atoms with Crippen molar-refractivity contribution in [2.24, 2.45) is 5.73 Å². The predicted octanol–water partition coefficient (Wildman–Crippen LogP) is 1.78. The Morgan fingerprint density at radius 2 is 2.00 bits per heavy atom. The van der Waals surface area contributed by atoms with Crippen LogP contribution in [-0.2, 0) is 22.6 Å². The van der Waals surface area contributed by atoms with Crippen LogP contribution < -0.4 is 5.73 Å². The van der Waals surface area contributed by atoms with Crippen molar-refractivity contribution in [2.75, 3.05) is 20.3 Å². The van der Waals surface area contributed by atoms with Crippen LogP contribution in [0.1, 0.15) is 17.5 Å². The van der Waals surface area contributed by atoms with Crippen LogP contribution in [-0.4, -0.2) is 37.5 Å². The van der Waals surface area contributed by atoms with Crippen LogP contribution in [0.25, 0.3) is 0 Å². The summed E-state index contributed by atoms with van der Waals surface area (Å²) in [5.74, 6) is -0.147. The van der Waals surface area contributed by atoms with Gasteiger partial charge in [-0.25, -0.2) is 8.78 Å². The van der Waals surface area contributed by atoms with Crippen LogP contribution in [0.3, 0.4) is 0 Å². The van der Waals surface area contributed by atoms with Crippen molar-refractivity contribution >= 4 is 5.91 Å². The lowest BCUT2D eigenvalue weighted by Crippen LogP contribution is -2.28. The minimum absolute atomic E-state index is 0.00600. The van der Waals surface area contributed by atoms with Gasteiger partial charge in [-0.1, -0.05) is 24.3 Å². The summed E-state index contributed by atoms with van der Waals surface area (Å²) in [6.45, 7) is 0.232. The summed E-state index contributed by atoms with van der Waals surface area (Å²) in [7, 11) is 1.67. The molecule has 0 saturated heterocycles. The van der Waals surface area contributed by atoms with Gasteiger partial charge in [-0.05, 0) is 11.1 Å². The first-order chi connectivity index (χ1) is 9.54. The predicted molar refractivity (Wildman–Crippen MR) is 72.2 cm³/mol. The number of carbonyl (C=O) groups excluding carboxylic acids is 1. The van der Waals surface area contributed by atoms with Gasteiger partial charge in [-0.3, -0.25) is 4.79 Å². The SMILES string of the molecule is CN(Cc1ccccc1CN)C(=O)CCOCC(F)F. The summed E-state index contributed by atoms with van der Waals surface area (Å²) >= 11 is 0. The monoisotopic (exact) mass is 286 g/mol. The zero-order chi connectivity index (χ0) is 15.0. The van der Waals surface area contributed by atoms with Gasteiger partial charge >= 0.3 is 0 Å². The van der Waals surface area contributed by atoms with Gasteiger partial charge in [0.1, 0.15) is 6.61 Å². The molecule has 2 N–H and O–H groups in total. The van der Waals surface area contributed by atoms with Crippen molar-refractivity contribution in [1.29, 1.82) is 0 Å². The molecular weight excluding hydrogens is 266 g/mol.